The summed E-state index contributed by atoms with van der Waals surface area (Å²) < 4.78 is 22.1. The molecule has 0 aliphatic heterocycles. The van der Waals surface area contributed by atoms with Gasteiger partial charge in [-0.2, -0.15) is 0 Å². The predicted molar refractivity (Wildman–Crippen MR) is 109 cm³/mol. The van der Waals surface area contributed by atoms with Gasteiger partial charge in [0.25, 0.3) is 0 Å². The number of para-hydroxylation sites is 1. The summed E-state index contributed by atoms with van der Waals surface area (Å²) in [4.78, 5) is 12.1. The first-order chi connectivity index (χ1) is 13.3. The average molecular weight is 384 g/mol. The zero-order valence-corrected chi connectivity index (χ0v) is 17.1. The Morgan fingerprint density at radius 3 is 2.29 bits per heavy atom. The van der Waals surface area contributed by atoms with Crippen molar-refractivity contribution in [3.05, 3.63) is 71.8 Å². The molecule has 0 heterocycles. The van der Waals surface area contributed by atoms with Crippen molar-refractivity contribution in [2.45, 2.75) is 39.1 Å². The van der Waals surface area contributed by atoms with Gasteiger partial charge in [0.1, 0.15) is 23.2 Å². The summed E-state index contributed by atoms with van der Waals surface area (Å²) in [6, 6.07) is 15.2. The Labute approximate surface area is 166 Å². The SMILES string of the molecule is COc1ccc(CO[C@@H](/C=C/C(=O)OC(C)(C)C)c2ccccc2OC)cc1. The molecule has 0 amide bonds. The summed E-state index contributed by atoms with van der Waals surface area (Å²) >= 11 is 0. The van der Waals surface area contributed by atoms with E-state index in [1.54, 1.807) is 20.3 Å². The highest BCUT2D eigenvalue weighted by Gasteiger charge is 2.17. The first-order valence-electron chi connectivity index (χ1n) is 9.11. The van der Waals surface area contributed by atoms with E-state index in [4.69, 9.17) is 18.9 Å². The van der Waals surface area contributed by atoms with Crippen molar-refractivity contribution >= 4 is 5.97 Å². The second kappa shape index (κ2) is 9.95. The third-order valence-corrected chi connectivity index (χ3v) is 3.85. The normalized spacial score (nSPS) is 12.6. The number of methoxy groups -OCH3 is 2. The third kappa shape index (κ3) is 6.74. The Kier molecular flexibility index (Phi) is 7.64. The summed E-state index contributed by atoms with van der Waals surface area (Å²) in [5.41, 5.74) is 1.27. The summed E-state index contributed by atoms with van der Waals surface area (Å²) in [6.45, 7) is 5.86. The molecule has 28 heavy (non-hydrogen) atoms. The van der Waals surface area contributed by atoms with Crippen molar-refractivity contribution in [1.29, 1.82) is 0 Å². The van der Waals surface area contributed by atoms with E-state index >= 15 is 0 Å². The topological polar surface area (TPSA) is 54.0 Å². The molecule has 0 spiro atoms. The maximum absolute atomic E-state index is 12.1. The molecule has 0 fully saturated rings. The van der Waals surface area contributed by atoms with E-state index in [1.807, 2.05) is 69.3 Å². The quantitative estimate of drug-likeness (QED) is 0.481. The fourth-order valence-corrected chi connectivity index (χ4v) is 2.56. The van der Waals surface area contributed by atoms with Gasteiger partial charge >= 0.3 is 5.97 Å². The van der Waals surface area contributed by atoms with Gasteiger partial charge in [0.15, 0.2) is 0 Å². The Morgan fingerprint density at radius 2 is 1.68 bits per heavy atom. The number of rotatable bonds is 8. The van der Waals surface area contributed by atoms with E-state index in [1.165, 1.54) is 6.08 Å². The number of benzene rings is 2. The number of carbonyl (C=O) groups excluding carboxylic acids is 1. The molecule has 0 bridgehead atoms. The minimum absolute atomic E-state index is 0.366. The molecule has 0 aliphatic carbocycles. The molecule has 150 valence electrons. The molecule has 0 saturated carbocycles. The minimum atomic E-state index is -0.550. The van der Waals surface area contributed by atoms with Crippen LogP contribution in [-0.2, 0) is 20.9 Å². The zero-order valence-electron chi connectivity index (χ0n) is 17.1. The highest BCUT2D eigenvalue weighted by Crippen LogP contribution is 2.29. The van der Waals surface area contributed by atoms with Crippen molar-refractivity contribution < 1.29 is 23.7 Å². The van der Waals surface area contributed by atoms with Crippen LogP contribution in [0, 0.1) is 0 Å². The van der Waals surface area contributed by atoms with Gasteiger partial charge in [-0.3, -0.25) is 0 Å². The van der Waals surface area contributed by atoms with Crippen LogP contribution in [-0.4, -0.2) is 25.8 Å². The van der Waals surface area contributed by atoms with Crippen molar-refractivity contribution in [3.63, 3.8) is 0 Å². The first-order valence-corrected chi connectivity index (χ1v) is 9.11. The number of hydrogen-bond donors (Lipinski definition) is 0. The van der Waals surface area contributed by atoms with Crippen LogP contribution in [0.3, 0.4) is 0 Å². The molecule has 0 aromatic heterocycles. The van der Waals surface area contributed by atoms with Gasteiger partial charge in [-0.05, 0) is 50.6 Å². The van der Waals surface area contributed by atoms with E-state index in [-0.39, 0.29) is 0 Å². The molecule has 0 saturated heterocycles. The molecular weight excluding hydrogens is 356 g/mol. The standard InChI is InChI=1S/C23H28O5/c1-23(2,3)28-22(24)15-14-21(19-8-6-7-9-20(19)26-5)27-16-17-10-12-18(25-4)13-11-17/h6-15,21H,16H2,1-5H3/b15-14+/t21-/m0/s1. The van der Waals surface area contributed by atoms with Crippen LogP contribution in [0.2, 0.25) is 0 Å². The van der Waals surface area contributed by atoms with Crippen molar-refractivity contribution in [1.82, 2.24) is 0 Å². The molecule has 2 aromatic rings. The van der Waals surface area contributed by atoms with Gasteiger partial charge in [-0.15, -0.1) is 0 Å². The summed E-state index contributed by atoms with van der Waals surface area (Å²) in [6.07, 6.45) is 2.62. The van der Waals surface area contributed by atoms with Crippen LogP contribution >= 0.6 is 0 Å². The molecule has 0 aliphatic rings. The zero-order chi connectivity index (χ0) is 20.6. The maximum atomic E-state index is 12.1. The average Bonchev–Trinajstić information content (AvgIpc) is 2.67. The van der Waals surface area contributed by atoms with Gasteiger partial charge in [0.05, 0.1) is 20.8 Å². The van der Waals surface area contributed by atoms with Gasteiger partial charge in [-0.1, -0.05) is 30.3 Å². The van der Waals surface area contributed by atoms with Gasteiger partial charge in [-0.25, -0.2) is 4.79 Å². The van der Waals surface area contributed by atoms with Crippen LogP contribution in [0.25, 0.3) is 0 Å². The van der Waals surface area contributed by atoms with Crippen molar-refractivity contribution in [3.8, 4) is 11.5 Å². The number of esters is 1. The van der Waals surface area contributed by atoms with E-state index in [0.717, 1.165) is 16.9 Å². The molecule has 1 atom stereocenters. The van der Waals surface area contributed by atoms with Crippen LogP contribution in [0.15, 0.2) is 60.7 Å². The fourth-order valence-electron chi connectivity index (χ4n) is 2.56. The van der Waals surface area contributed by atoms with Gasteiger partial charge < -0.3 is 18.9 Å². The minimum Gasteiger partial charge on any atom is -0.497 e. The lowest BCUT2D eigenvalue weighted by molar-refractivity contribution is -0.148. The maximum Gasteiger partial charge on any atom is 0.331 e. The van der Waals surface area contributed by atoms with Crippen LogP contribution in [0.5, 0.6) is 11.5 Å². The third-order valence-electron chi connectivity index (χ3n) is 3.85. The van der Waals surface area contributed by atoms with Crippen LogP contribution in [0.4, 0.5) is 0 Å². The molecule has 0 radical (unpaired) electrons. The highest BCUT2D eigenvalue weighted by molar-refractivity contribution is 5.82. The molecule has 2 aromatic carbocycles. The summed E-state index contributed by atoms with van der Waals surface area (Å²) in [5, 5.41) is 0. The lowest BCUT2D eigenvalue weighted by Crippen LogP contribution is -2.22. The number of carbonyl (C=O) groups is 1. The number of hydrogen-bond acceptors (Lipinski definition) is 5. The van der Waals surface area contributed by atoms with Crippen LogP contribution in [0.1, 0.15) is 38.0 Å². The van der Waals surface area contributed by atoms with Crippen LogP contribution < -0.4 is 9.47 Å². The summed E-state index contributed by atoms with van der Waals surface area (Å²) in [7, 11) is 3.24. The van der Waals surface area contributed by atoms with Gasteiger partial charge in [0.2, 0.25) is 0 Å². The second-order valence-electron chi connectivity index (χ2n) is 7.21. The lowest BCUT2D eigenvalue weighted by atomic mass is 10.1. The molecule has 5 heteroatoms. The monoisotopic (exact) mass is 384 g/mol. The summed E-state index contributed by atoms with van der Waals surface area (Å²) in [5.74, 6) is 1.06. The number of ether oxygens (including phenoxy) is 4. The van der Waals surface area contributed by atoms with E-state index in [9.17, 15) is 4.79 Å². The fraction of sp³-hybridized carbons (Fsp3) is 0.348. The van der Waals surface area contributed by atoms with E-state index in [0.29, 0.717) is 12.4 Å². The Bertz CT molecular complexity index is 787. The first kappa shape index (κ1) is 21.5. The lowest BCUT2D eigenvalue weighted by Gasteiger charge is -2.19. The van der Waals surface area contributed by atoms with Crippen molar-refractivity contribution in [2.75, 3.05) is 14.2 Å². The van der Waals surface area contributed by atoms with E-state index in [2.05, 4.69) is 0 Å². The smallest absolute Gasteiger partial charge is 0.331 e. The molecule has 2 rings (SSSR count). The van der Waals surface area contributed by atoms with Crippen molar-refractivity contribution in [2.24, 2.45) is 0 Å². The molecule has 5 nitrogen and oxygen atoms in total. The predicted octanol–water partition coefficient (Wildman–Crippen LogP) is 4.86. The second-order valence-corrected chi connectivity index (χ2v) is 7.21. The van der Waals surface area contributed by atoms with E-state index < -0.39 is 17.7 Å². The Hall–Kier alpha value is -2.79. The Morgan fingerprint density at radius 1 is 1.00 bits per heavy atom. The molecular formula is C23H28O5. The molecule has 0 N–H and O–H groups in total. The Balaban J connectivity index is 2.19. The largest absolute Gasteiger partial charge is 0.497 e. The molecule has 0 unspecified atom stereocenters. The van der Waals surface area contributed by atoms with Gasteiger partial charge in [0, 0.05) is 11.6 Å². The highest BCUT2D eigenvalue weighted by atomic mass is 16.6.